The summed E-state index contributed by atoms with van der Waals surface area (Å²) in [6.45, 7) is 7.62. The number of fused-ring (bicyclic) bond motifs is 2. The Bertz CT molecular complexity index is 1330. The molecule has 0 unspecified atom stereocenters. The Morgan fingerprint density at radius 2 is 1.94 bits per heavy atom. The number of hydrogen-bond acceptors (Lipinski definition) is 6. The molecule has 2 aromatic carbocycles. The van der Waals surface area contributed by atoms with Crippen LogP contribution in [0.3, 0.4) is 0 Å². The Labute approximate surface area is 198 Å². The van der Waals surface area contributed by atoms with E-state index in [1.807, 2.05) is 50.4 Å². The molecule has 0 atom stereocenters. The quantitative estimate of drug-likeness (QED) is 0.339. The van der Waals surface area contributed by atoms with E-state index in [0.717, 1.165) is 53.1 Å². The van der Waals surface area contributed by atoms with Gasteiger partial charge in [0, 0.05) is 30.4 Å². The summed E-state index contributed by atoms with van der Waals surface area (Å²) in [6.07, 6.45) is 5.59. The Hall–Kier alpha value is -3.72. The summed E-state index contributed by atoms with van der Waals surface area (Å²) >= 11 is 0. The first-order valence-electron chi connectivity index (χ1n) is 11.8. The number of carbonyl (C=O) groups is 1. The van der Waals surface area contributed by atoms with E-state index < -0.39 is 0 Å². The van der Waals surface area contributed by atoms with E-state index in [4.69, 9.17) is 0 Å². The third kappa shape index (κ3) is 4.94. The molecule has 2 aromatic heterocycles. The molecule has 0 saturated carbocycles. The number of rotatable bonds is 6. The predicted octanol–water partition coefficient (Wildman–Crippen LogP) is 4.47. The minimum Gasteiger partial charge on any atom is -0.342 e. The van der Waals surface area contributed by atoms with Crippen LogP contribution in [0.2, 0.25) is 0 Å². The molecule has 9 nitrogen and oxygen atoms in total. The standard InChI is InChI=1S/C25H30N8O/c1-16-7-6-8-18-15-27-24(32-22(16)18)30-19-13-20-23(29-17(2)28-20)21(14-19)31-25(34)26-9-12-33-10-4-3-5-11-33/h6-8,13-15H,3-5,9-12H2,1-2H3,(H,28,29)(H2,26,31,34)(H,27,30,32). The number of nitrogens with one attached hydrogen (secondary N) is 4. The van der Waals surface area contributed by atoms with Crippen LogP contribution in [-0.2, 0) is 0 Å². The fourth-order valence-corrected chi connectivity index (χ4v) is 4.48. The molecule has 5 rings (SSSR count). The van der Waals surface area contributed by atoms with Gasteiger partial charge in [-0.25, -0.2) is 19.7 Å². The van der Waals surface area contributed by atoms with Gasteiger partial charge in [-0.05, 0) is 57.5 Å². The van der Waals surface area contributed by atoms with Gasteiger partial charge in [0.25, 0.3) is 0 Å². The molecule has 1 aliphatic rings. The van der Waals surface area contributed by atoms with Crippen molar-refractivity contribution in [1.29, 1.82) is 0 Å². The third-order valence-corrected chi connectivity index (χ3v) is 6.18. The van der Waals surface area contributed by atoms with Gasteiger partial charge in [-0.15, -0.1) is 0 Å². The highest BCUT2D eigenvalue weighted by Crippen LogP contribution is 2.28. The van der Waals surface area contributed by atoms with E-state index in [-0.39, 0.29) is 6.03 Å². The average Bonchev–Trinajstić information content (AvgIpc) is 3.21. The predicted molar refractivity (Wildman–Crippen MR) is 136 cm³/mol. The van der Waals surface area contributed by atoms with Gasteiger partial charge in [0.1, 0.15) is 11.3 Å². The summed E-state index contributed by atoms with van der Waals surface area (Å²) in [5.41, 5.74) is 4.91. The molecule has 4 N–H and O–H groups in total. The number of aromatic nitrogens is 4. The summed E-state index contributed by atoms with van der Waals surface area (Å²) in [4.78, 5) is 32.0. The number of imidazole rings is 1. The molecule has 34 heavy (non-hydrogen) atoms. The molecule has 4 aromatic rings. The number of likely N-dealkylation sites (tertiary alicyclic amines) is 1. The molecule has 176 valence electrons. The minimum atomic E-state index is -0.242. The van der Waals surface area contributed by atoms with Crippen molar-refractivity contribution in [3.8, 4) is 0 Å². The lowest BCUT2D eigenvalue weighted by Crippen LogP contribution is -2.39. The number of anilines is 3. The van der Waals surface area contributed by atoms with Gasteiger partial charge in [-0.1, -0.05) is 24.6 Å². The first kappa shape index (κ1) is 22.1. The lowest BCUT2D eigenvalue weighted by Gasteiger charge is -2.26. The molecule has 0 aliphatic carbocycles. The number of piperidine rings is 1. The van der Waals surface area contributed by atoms with Crippen molar-refractivity contribution < 1.29 is 4.79 Å². The van der Waals surface area contributed by atoms with Crippen molar-refractivity contribution >= 4 is 45.3 Å². The second-order valence-corrected chi connectivity index (χ2v) is 8.86. The number of H-pyrrole nitrogens is 1. The van der Waals surface area contributed by atoms with Gasteiger partial charge in [-0.3, -0.25) is 0 Å². The van der Waals surface area contributed by atoms with Crippen molar-refractivity contribution in [3.05, 3.63) is 47.9 Å². The molecule has 1 aliphatic heterocycles. The van der Waals surface area contributed by atoms with E-state index in [9.17, 15) is 4.79 Å². The van der Waals surface area contributed by atoms with Gasteiger partial charge in [0.15, 0.2) is 0 Å². The van der Waals surface area contributed by atoms with Crippen LogP contribution >= 0.6 is 0 Å². The third-order valence-electron chi connectivity index (χ3n) is 6.18. The van der Waals surface area contributed by atoms with Crippen LogP contribution in [-0.4, -0.2) is 57.0 Å². The summed E-state index contributed by atoms with van der Waals surface area (Å²) in [6, 6.07) is 9.59. The maximum absolute atomic E-state index is 12.6. The smallest absolute Gasteiger partial charge is 0.319 e. The summed E-state index contributed by atoms with van der Waals surface area (Å²) in [7, 11) is 0. The van der Waals surface area contributed by atoms with E-state index >= 15 is 0 Å². The Kier molecular flexibility index (Phi) is 6.27. The van der Waals surface area contributed by atoms with Crippen molar-refractivity contribution in [1.82, 2.24) is 30.2 Å². The number of aromatic amines is 1. The summed E-state index contributed by atoms with van der Waals surface area (Å²) in [5.74, 6) is 1.27. The maximum atomic E-state index is 12.6. The highest BCUT2D eigenvalue weighted by molar-refractivity contribution is 6.01. The van der Waals surface area contributed by atoms with Crippen LogP contribution in [0.5, 0.6) is 0 Å². The number of carbonyl (C=O) groups excluding carboxylic acids is 1. The van der Waals surface area contributed by atoms with Crippen LogP contribution < -0.4 is 16.0 Å². The highest BCUT2D eigenvalue weighted by Gasteiger charge is 2.14. The number of urea groups is 1. The van der Waals surface area contributed by atoms with Crippen molar-refractivity contribution in [2.45, 2.75) is 33.1 Å². The monoisotopic (exact) mass is 458 g/mol. The number of hydrogen-bond donors (Lipinski definition) is 4. The molecule has 0 radical (unpaired) electrons. The Morgan fingerprint density at radius 3 is 2.79 bits per heavy atom. The molecular weight excluding hydrogens is 428 g/mol. The van der Waals surface area contributed by atoms with E-state index in [0.29, 0.717) is 23.7 Å². The van der Waals surface area contributed by atoms with Crippen molar-refractivity contribution in [2.24, 2.45) is 0 Å². The van der Waals surface area contributed by atoms with Crippen molar-refractivity contribution in [2.75, 3.05) is 36.8 Å². The number of benzene rings is 2. The zero-order valence-electron chi connectivity index (χ0n) is 19.6. The Balaban J connectivity index is 1.33. The largest absolute Gasteiger partial charge is 0.342 e. The SMILES string of the molecule is Cc1nc2c(NC(=O)NCCN3CCCCC3)cc(Nc3ncc4cccc(C)c4n3)cc2[nH]1. The fourth-order valence-electron chi connectivity index (χ4n) is 4.48. The first-order valence-corrected chi connectivity index (χ1v) is 11.8. The second kappa shape index (κ2) is 9.64. The normalized spacial score (nSPS) is 14.4. The number of aryl methyl sites for hydroxylation is 2. The lowest BCUT2D eigenvalue weighted by molar-refractivity contribution is 0.224. The van der Waals surface area contributed by atoms with Gasteiger partial charge >= 0.3 is 6.03 Å². The van der Waals surface area contributed by atoms with Gasteiger partial charge in [0.2, 0.25) is 5.95 Å². The first-order chi connectivity index (χ1) is 16.5. The van der Waals surface area contributed by atoms with Crippen LogP contribution in [0.25, 0.3) is 21.9 Å². The average molecular weight is 459 g/mol. The minimum absolute atomic E-state index is 0.242. The summed E-state index contributed by atoms with van der Waals surface area (Å²) in [5, 5.41) is 10.2. The van der Waals surface area contributed by atoms with E-state index in [1.165, 1.54) is 19.3 Å². The van der Waals surface area contributed by atoms with E-state index in [1.54, 1.807) is 0 Å². The number of amides is 2. The molecule has 0 bridgehead atoms. The molecule has 0 spiro atoms. The van der Waals surface area contributed by atoms with Gasteiger partial charge < -0.3 is 25.8 Å². The summed E-state index contributed by atoms with van der Waals surface area (Å²) < 4.78 is 0. The molecule has 3 heterocycles. The second-order valence-electron chi connectivity index (χ2n) is 8.86. The van der Waals surface area contributed by atoms with Gasteiger partial charge in [-0.2, -0.15) is 0 Å². The zero-order valence-corrected chi connectivity index (χ0v) is 19.6. The van der Waals surface area contributed by atoms with Crippen LogP contribution in [0, 0.1) is 13.8 Å². The van der Waals surface area contributed by atoms with Crippen molar-refractivity contribution in [3.63, 3.8) is 0 Å². The lowest BCUT2D eigenvalue weighted by atomic mass is 10.1. The fraction of sp³-hybridized carbons (Fsp3) is 0.360. The van der Waals surface area contributed by atoms with Crippen LogP contribution in [0.15, 0.2) is 36.5 Å². The number of nitrogens with zero attached hydrogens (tertiary/aromatic N) is 4. The van der Waals surface area contributed by atoms with Crippen LogP contribution in [0.1, 0.15) is 30.7 Å². The maximum Gasteiger partial charge on any atom is 0.319 e. The topological polar surface area (TPSA) is 111 Å². The molecular formula is C25H30N8O. The molecule has 2 amide bonds. The van der Waals surface area contributed by atoms with Gasteiger partial charge in [0.05, 0.1) is 16.7 Å². The molecule has 1 saturated heterocycles. The molecule has 9 heteroatoms. The zero-order chi connectivity index (χ0) is 23.5. The number of para-hydroxylation sites is 1. The van der Waals surface area contributed by atoms with E-state index in [2.05, 4.69) is 40.8 Å². The van der Waals surface area contributed by atoms with Crippen LogP contribution in [0.4, 0.5) is 22.1 Å². The Morgan fingerprint density at radius 1 is 1.09 bits per heavy atom. The molecule has 1 fully saturated rings. The highest BCUT2D eigenvalue weighted by atomic mass is 16.2.